The lowest BCUT2D eigenvalue weighted by Gasteiger charge is -2.58. The van der Waals surface area contributed by atoms with Crippen LogP contribution in [0.1, 0.15) is 57.3 Å². The first-order valence-corrected chi connectivity index (χ1v) is 11.6. The Labute approximate surface area is 198 Å². The van der Waals surface area contributed by atoms with Crippen LogP contribution in [0.15, 0.2) is 76.1 Å². The molecule has 2 unspecified atom stereocenters. The highest BCUT2D eigenvalue weighted by Gasteiger charge is 2.58. The molecule has 2 aromatic carbocycles. The normalized spacial score (nSPS) is 30.6. The highest BCUT2D eigenvalue weighted by atomic mass is 19.1. The SMILES string of the molecule is C[C@H]1C(O)=C(C#N)C[C@@]2(C)C3=C(CCC12C)C(c1ccccc1F)=NC(c1ccccc1F)N3. The second-order valence-corrected chi connectivity index (χ2v) is 10.0. The molecule has 3 aliphatic rings. The molecule has 0 bridgehead atoms. The van der Waals surface area contributed by atoms with Crippen LogP contribution in [0.5, 0.6) is 0 Å². The zero-order valence-corrected chi connectivity index (χ0v) is 19.5. The molecule has 2 N–H and O–H groups in total. The molecule has 174 valence electrons. The van der Waals surface area contributed by atoms with E-state index in [1.54, 1.807) is 36.4 Å². The van der Waals surface area contributed by atoms with E-state index < -0.39 is 17.4 Å². The van der Waals surface area contributed by atoms with Gasteiger partial charge in [-0.05, 0) is 48.4 Å². The van der Waals surface area contributed by atoms with Crippen molar-refractivity contribution in [3.05, 3.63) is 93.9 Å². The molecular formula is C28H27F2N3O. The maximum Gasteiger partial charge on any atom is 0.148 e. The van der Waals surface area contributed by atoms with Crippen LogP contribution in [0, 0.1) is 39.7 Å². The Hall–Kier alpha value is -3.46. The van der Waals surface area contributed by atoms with Gasteiger partial charge in [-0.1, -0.05) is 51.1 Å². The molecule has 0 saturated heterocycles. The molecule has 0 aromatic heterocycles. The number of nitrogens with zero attached hydrogens (tertiary/aromatic N) is 2. The van der Waals surface area contributed by atoms with E-state index in [0.29, 0.717) is 35.3 Å². The number of aliphatic hydroxyl groups is 1. The number of aliphatic hydroxyl groups excluding tert-OH is 1. The molecule has 0 fully saturated rings. The number of hydrogen-bond donors (Lipinski definition) is 2. The van der Waals surface area contributed by atoms with E-state index in [0.717, 1.165) is 17.7 Å². The van der Waals surface area contributed by atoms with Crippen LogP contribution >= 0.6 is 0 Å². The minimum atomic E-state index is -0.742. The van der Waals surface area contributed by atoms with Gasteiger partial charge in [-0.3, -0.25) is 4.99 Å². The fourth-order valence-corrected chi connectivity index (χ4v) is 6.08. The molecule has 34 heavy (non-hydrogen) atoms. The predicted molar refractivity (Wildman–Crippen MR) is 127 cm³/mol. The zero-order chi connectivity index (χ0) is 24.3. The monoisotopic (exact) mass is 459 g/mol. The topological polar surface area (TPSA) is 68.4 Å². The third-order valence-electron chi connectivity index (χ3n) is 8.50. The lowest BCUT2D eigenvalue weighted by molar-refractivity contribution is -0.00106. The Morgan fingerprint density at radius 3 is 2.44 bits per heavy atom. The van der Waals surface area contributed by atoms with Gasteiger partial charge in [0.15, 0.2) is 0 Å². The van der Waals surface area contributed by atoms with Gasteiger partial charge in [0.25, 0.3) is 0 Å². The van der Waals surface area contributed by atoms with Crippen LogP contribution in [0.4, 0.5) is 8.78 Å². The first kappa shape index (κ1) is 22.3. The van der Waals surface area contributed by atoms with Crippen molar-refractivity contribution in [2.45, 2.75) is 46.2 Å². The van der Waals surface area contributed by atoms with E-state index >= 15 is 0 Å². The van der Waals surface area contributed by atoms with Crippen molar-refractivity contribution in [3.63, 3.8) is 0 Å². The molecule has 0 saturated carbocycles. The molecule has 0 spiro atoms. The number of hydrogen-bond acceptors (Lipinski definition) is 4. The number of allylic oxidation sites excluding steroid dienone is 4. The molecule has 2 aliphatic carbocycles. The minimum Gasteiger partial charge on any atom is -0.511 e. The van der Waals surface area contributed by atoms with Gasteiger partial charge in [0, 0.05) is 28.2 Å². The van der Waals surface area contributed by atoms with Gasteiger partial charge in [-0.2, -0.15) is 5.26 Å². The molecule has 0 radical (unpaired) electrons. The van der Waals surface area contributed by atoms with Crippen molar-refractivity contribution < 1.29 is 13.9 Å². The highest BCUT2D eigenvalue weighted by Crippen LogP contribution is 2.64. The Morgan fingerprint density at radius 2 is 1.76 bits per heavy atom. The predicted octanol–water partition coefficient (Wildman–Crippen LogP) is 6.49. The maximum atomic E-state index is 15.0. The van der Waals surface area contributed by atoms with E-state index in [1.165, 1.54) is 12.1 Å². The van der Waals surface area contributed by atoms with Crippen LogP contribution in [-0.4, -0.2) is 10.8 Å². The molecular weight excluding hydrogens is 432 g/mol. The third kappa shape index (κ3) is 3.03. The van der Waals surface area contributed by atoms with Crippen molar-refractivity contribution in [2.24, 2.45) is 21.7 Å². The smallest absolute Gasteiger partial charge is 0.148 e. The second-order valence-electron chi connectivity index (χ2n) is 10.0. The first-order chi connectivity index (χ1) is 16.2. The van der Waals surface area contributed by atoms with Gasteiger partial charge in [0.05, 0.1) is 17.4 Å². The molecule has 6 heteroatoms. The van der Waals surface area contributed by atoms with Gasteiger partial charge < -0.3 is 10.4 Å². The van der Waals surface area contributed by atoms with Crippen molar-refractivity contribution >= 4 is 5.71 Å². The zero-order valence-electron chi connectivity index (χ0n) is 19.5. The summed E-state index contributed by atoms with van der Waals surface area (Å²) in [7, 11) is 0. The van der Waals surface area contributed by atoms with Gasteiger partial charge >= 0.3 is 0 Å². The van der Waals surface area contributed by atoms with Gasteiger partial charge in [-0.25, -0.2) is 8.78 Å². The number of aliphatic imine (C=N–C) groups is 1. The fraction of sp³-hybridized carbons (Fsp3) is 0.357. The second kappa shape index (κ2) is 7.80. The third-order valence-corrected chi connectivity index (χ3v) is 8.50. The van der Waals surface area contributed by atoms with E-state index in [9.17, 15) is 19.1 Å². The Kier molecular flexibility index (Phi) is 5.12. The lowest BCUT2D eigenvalue weighted by Crippen LogP contribution is -2.54. The van der Waals surface area contributed by atoms with Crippen LogP contribution in [0.2, 0.25) is 0 Å². The Bertz CT molecular complexity index is 1320. The Balaban J connectivity index is 1.75. The molecule has 2 aromatic rings. The minimum absolute atomic E-state index is 0.149. The van der Waals surface area contributed by atoms with Gasteiger partial charge in [0.1, 0.15) is 23.6 Å². The summed E-state index contributed by atoms with van der Waals surface area (Å²) in [5.41, 5.74) is 2.47. The number of fused-ring (bicyclic) bond motifs is 2. The number of halogens is 2. The average molecular weight is 460 g/mol. The number of nitriles is 1. The van der Waals surface area contributed by atoms with Crippen LogP contribution in [0.25, 0.3) is 0 Å². The maximum absolute atomic E-state index is 15.0. The molecule has 1 aliphatic heterocycles. The van der Waals surface area contributed by atoms with Gasteiger partial charge in [-0.15, -0.1) is 0 Å². The standard InChI is InChI=1S/C28H27F2N3O/c1-16-24(34)17(15-31)14-28(3)25-20(12-13-27(16,28)2)23(18-8-4-6-10-21(18)29)32-26(33-25)19-9-5-7-11-22(19)30/h4-11,16,26,33-34H,12-14H2,1-3H3/t16-,26?,27?,28-/m0/s1. The molecule has 0 amide bonds. The summed E-state index contributed by atoms with van der Waals surface area (Å²) in [6.07, 6.45) is 0.974. The summed E-state index contributed by atoms with van der Waals surface area (Å²) in [4.78, 5) is 4.83. The quantitative estimate of drug-likeness (QED) is 0.539. The molecule has 4 atom stereocenters. The first-order valence-electron chi connectivity index (χ1n) is 11.6. The van der Waals surface area contributed by atoms with Crippen LogP contribution < -0.4 is 5.32 Å². The highest BCUT2D eigenvalue weighted by molar-refractivity contribution is 6.14. The summed E-state index contributed by atoms with van der Waals surface area (Å²) in [6.45, 7) is 6.19. The summed E-state index contributed by atoms with van der Waals surface area (Å²) in [5, 5.41) is 24.0. The summed E-state index contributed by atoms with van der Waals surface area (Å²) < 4.78 is 29.9. The summed E-state index contributed by atoms with van der Waals surface area (Å²) in [6, 6.07) is 15.2. The van der Waals surface area contributed by atoms with Gasteiger partial charge in [0.2, 0.25) is 0 Å². The van der Waals surface area contributed by atoms with Crippen molar-refractivity contribution in [3.8, 4) is 6.07 Å². The Morgan fingerprint density at radius 1 is 1.09 bits per heavy atom. The van der Waals surface area contributed by atoms with Crippen LogP contribution in [0.3, 0.4) is 0 Å². The number of benzene rings is 2. The van der Waals surface area contributed by atoms with E-state index in [2.05, 4.69) is 25.2 Å². The molecule has 4 nitrogen and oxygen atoms in total. The molecule has 1 heterocycles. The van der Waals surface area contributed by atoms with Crippen molar-refractivity contribution in [1.82, 2.24) is 5.32 Å². The summed E-state index contributed by atoms with van der Waals surface area (Å²) >= 11 is 0. The van der Waals surface area contributed by atoms with E-state index in [1.807, 2.05) is 6.92 Å². The largest absolute Gasteiger partial charge is 0.511 e. The van der Waals surface area contributed by atoms with Crippen molar-refractivity contribution in [1.29, 1.82) is 5.26 Å². The fourth-order valence-electron chi connectivity index (χ4n) is 6.08. The van der Waals surface area contributed by atoms with Crippen LogP contribution in [-0.2, 0) is 0 Å². The lowest BCUT2D eigenvalue weighted by atomic mass is 9.48. The summed E-state index contributed by atoms with van der Waals surface area (Å²) in [5.74, 6) is -0.861. The molecule has 5 rings (SSSR count). The van der Waals surface area contributed by atoms with Crippen molar-refractivity contribution in [2.75, 3.05) is 0 Å². The number of rotatable bonds is 2. The van der Waals surface area contributed by atoms with E-state index in [-0.39, 0.29) is 22.9 Å². The van der Waals surface area contributed by atoms with E-state index in [4.69, 9.17) is 4.99 Å². The average Bonchev–Trinajstić information content (AvgIpc) is 2.83. The number of nitrogens with one attached hydrogen (secondary N) is 1.